The predicted molar refractivity (Wildman–Crippen MR) is 92.6 cm³/mol. The Morgan fingerprint density at radius 2 is 1.87 bits per heavy atom. The van der Waals surface area contributed by atoms with E-state index in [1.807, 2.05) is 31.2 Å². The molecule has 0 aliphatic carbocycles. The minimum Gasteiger partial charge on any atom is -0.497 e. The maximum Gasteiger partial charge on any atom is 0.327 e. The average Bonchev–Trinajstić information content (AvgIpc) is 2.56. The van der Waals surface area contributed by atoms with Crippen molar-refractivity contribution in [3.63, 3.8) is 0 Å². The van der Waals surface area contributed by atoms with Gasteiger partial charge in [0, 0.05) is 13.1 Å². The van der Waals surface area contributed by atoms with Gasteiger partial charge in [-0.2, -0.15) is 0 Å². The molecular formula is C18H30N2O3. The Kier molecular flexibility index (Phi) is 8.06. The average molecular weight is 322 g/mol. The zero-order valence-electron chi connectivity index (χ0n) is 14.9. The van der Waals surface area contributed by atoms with Crippen LogP contribution in [0.5, 0.6) is 5.75 Å². The highest BCUT2D eigenvalue weighted by Crippen LogP contribution is 2.13. The second-order valence-electron chi connectivity index (χ2n) is 6.38. The molecule has 0 spiro atoms. The van der Waals surface area contributed by atoms with Gasteiger partial charge in [0.2, 0.25) is 0 Å². The third-order valence-corrected chi connectivity index (χ3v) is 3.85. The monoisotopic (exact) mass is 322 g/mol. The van der Waals surface area contributed by atoms with E-state index in [1.165, 1.54) is 7.11 Å². The van der Waals surface area contributed by atoms with Crippen molar-refractivity contribution < 1.29 is 14.3 Å². The molecule has 0 heterocycles. The van der Waals surface area contributed by atoms with Crippen LogP contribution in [-0.2, 0) is 16.1 Å². The van der Waals surface area contributed by atoms with Crippen LogP contribution in [0.25, 0.3) is 0 Å². The Hall–Kier alpha value is -1.59. The van der Waals surface area contributed by atoms with E-state index in [0.717, 1.165) is 24.3 Å². The fourth-order valence-electron chi connectivity index (χ4n) is 2.20. The lowest BCUT2D eigenvalue weighted by Gasteiger charge is -2.28. The van der Waals surface area contributed by atoms with Crippen LogP contribution < -0.4 is 15.4 Å². The van der Waals surface area contributed by atoms with Gasteiger partial charge in [0.05, 0.1) is 14.2 Å². The zero-order chi connectivity index (χ0) is 17.3. The molecule has 23 heavy (non-hydrogen) atoms. The molecule has 5 heteroatoms. The van der Waals surface area contributed by atoms with E-state index >= 15 is 0 Å². The van der Waals surface area contributed by atoms with Gasteiger partial charge in [-0.3, -0.25) is 10.1 Å². The predicted octanol–water partition coefficient (Wildman–Crippen LogP) is 2.35. The molecule has 0 aliphatic rings. The van der Waals surface area contributed by atoms with Gasteiger partial charge >= 0.3 is 5.97 Å². The molecule has 5 nitrogen and oxygen atoms in total. The third-order valence-electron chi connectivity index (χ3n) is 3.85. The van der Waals surface area contributed by atoms with E-state index in [0.29, 0.717) is 19.0 Å². The van der Waals surface area contributed by atoms with E-state index < -0.39 is 5.54 Å². The van der Waals surface area contributed by atoms with Gasteiger partial charge in [-0.15, -0.1) is 0 Å². The number of benzene rings is 1. The molecule has 0 aromatic heterocycles. The van der Waals surface area contributed by atoms with Crippen molar-refractivity contribution in [2.24, 2.45) is 5.92 Å². The number of carbonyl (C=O) groups excluding carboxylic acids is 1. The summed E-state index contributed by atoms with van der Waals surface area (Å²) in [5.41, 5.74) is 0.328. The van der Waals surface area contributed by atoms with Gasteiger partial charge < -0.3 is 14.8 Å². The maximum absolute atomic E-state index is 12.1. The zero-order valence-corrected chi connectivity index (χ0v) is 14.9. The second kappa shape index (κ2) is 9.53. The number of nitrogens with one attached hydrogen (secondary N) is 2. The quantitative estimate of drug-likeness (QED) is 0.511. The van der Waals surface area contributed by atoms with E-state index in [2.05, 4.69) is 24.5 Å². The van der Waals surface area contributed by atoms with E-state index in [9.17, 15) is 4.79 Å². The van der Waals surface area contributed by atoms with Crippen LogP contribution in [0.2, 0.25) is 0 Å². The molecule has 1 aromatic carbocycles. The van der Waals surface area contributed by atoms with Gasteiger partial charge in [0.15, 0.2) is 0 Å². The summed E-state index contributed by atoms with van der Waals surface area (Å²) in [6, 6.07) is 7.78. The van der Waals surface area contributed by atoms with Crippen molar-refractivity contribution in [2.45, 2.75) is 39.3 Å². The first kappa shape index (κ1) is 19.5. The number of carbonyl (C=O) groups is 1. The van der Waals surface area contributed by atoms with E-state index in [4.69, 9.17) is 9.47 Å². The van der Waals surface area contributed by atoms with Crippen LogP contribution in [0, 0.1) is 5.92 Å². The lowest BCUT2D eigenvalue weighted by atomic mass is 10.0. The number of ether oxygens (including phenoxy) is 2. The number of rotatable bonds is 10. The fraction of sp³-hybridized carbons (Fsp3) is 0.611. The molecule has 2 N–H and O–H groups in total. The van der Waals surface area contributed by atoms with Crippen molar-refractivity contribution in [1.29, 1.82) is 0 Å². The Morgan fingerprint density at radius 3 is 2.39 bits per heavy atom. The molecule has 0 aliphatic heterocycles. The second-order valence-corrected chi connectivity index (χ2v) is 6.38. The van der Waals surface area contributed by atoms with Crippen LogP contribution in [0.3, 0.4) is 0 Å². The number of hydrogen-bond donors (Lipinski definition) is 2. The minimum atomic E-state index is -0.758. The Balaban J connectivity index is 2.59. The number of hydrogen-bond acceptors (Lipinski definition) is 5. The first-order chi connectivity index (χ1) is 10.9. The summed E-state index contributed by atoms with van der Waals surface area (Å²) in [6.07, 6.45) is 1.08. The van der Waals surface area contributed by atoms with Crippen molar-refractivity contribution in [3.8, 4) is 5.75 Å². The molecular weight excluding hydrogens is 292 g/mol. The molecule has 0 bridgehead atoms. The summed E-state index contributed by atoms with van der Waals surface area (Å²) < 4.78 is 10.1. The highest BCUT2D eigenvalue weighted by Gasteiger charge is 2.33. The largest absolute Gasteiger partial charge is 0.497 e. The van der Waals surface area contributed by atoms with Crippen molar-refractivity contribution in [2.75, 3.05) is 27.3 Å². The standard InChI is InChI=1S/C18H30N2O3/c1-14(2)10-11-19-13-18(3,17(21)23-5)20-12-15-6-8-16(22-4)9-7-15/h6-9,14,19-20H,10-13H2,1-5H3/t18-/m1/s1. The lowest BCUT2D eigenvalue weighted by molar-refractivity contribution is -0.147. The Labute approximate surface area is 139 Å². The van der Waals surface area contributed by atoms with Gasteiger partial charge in [-0.1, -0.05) is 26.0 Å². The maximum atomic E-state index is 12.1. The normalized spacial score (nSPS) is 13.7. The minimum absolute atomic E-state index is 0.261. The molecule has 0 saturated heterocycles. The molecule has 130 valence electrons. The van der Waals surface area contributed by atoms with Crippen LogP contribution in [0.1, 0.15) is 32.8 Å². The highest BCUT2D eigenvalue weighted by atomic mass is 16.5. The van der Waals surface area contributed by atoms with Crippen LogP contribution in [0.4, 0.5) is 0 Å². The van der Waals surface area contributed by atoms with Crippen molar-refractivity contribution >= 4 is 5.97 Å². The summed E-state index contributed by atoms with van der Waals surface area (Å²) in [5, 5.41) is 6.65. The SMILES string of the molecule is COC(=O)[C@@](C)(CNCCC(C)C)NCc1ccc(OC)cc1. The van der Waals surface area contributed by atoms with Crippen LogP contribution in [0.15, 0.2) is 24.3 Å². The van der Waals surface area contributed by atoms with Crippen molar-refractivity contribution in [3.05, 3.63) is 29.8 Å². The number of methoxy groups -OCH3 is 2. The smallest absolute Gasteiger partial charge is 0.327 e. The molecule has 0 fully saturated rings. The lowest BCUT2D eigenvalue weighted by Crippen LogP contribution is -2.56. The van der Waals surface area contributed by atoms with Gasteiger partial charge in [0.1, 0.15) is 11.3 Å². The Morgan fingerprint density at radius 1 is 1.22 bits per heavy atom. The molecule has 0 amide bonds. The summed E-state index contributed by atoms with van der Waals surface area (Å²) >= 11 is 0. The van der Waals surface area contributed by atoms with Gasteiger partial charge in [0.25, 0.3) is 0 Å². The van der Waals surface area contributed by atoms with E-state index in [-0.39, 0.29) is 5.97 Å². The highest BCUT2D eigenvalue weighted by molar-refractivity contribution is 5.80. The summed E-state index contributed by atoms with van der Waals surface area (Å²) in [6.45, 7) is 8.23. The number of esters is 1. The third kappa shape index (κ3) is 6.59. The molecule has 1 atom stereocenters. The first-order valence-corrected chi connectivity index (χ1v) is 8.08. The van der Waals surface area contributed by atoms with E-state index in [1.54, 1.807) is 7.11 Å². The van der Waals surface area contributed by atoms with Gasteiger partial charge in [-0.05, 0) is 43.5 Å². The van der Waals surface area contributed by atoms with Gasteiger partial charge in [-0.25, -0.2) is 0 Å². The fourth-order valence-corrected chi connectivity index (χ4v) is 2.20. The molecule has 0 radical (unpaired) electrons. The van der Waals surface area contributed by atoms with Crippen LogP contribution in [-0.4, -0.2) is 38.8 Å². The summed E-state index contributed by atoms with van der Waals surface area (Å²) in [5.74, 6) is 1.20. The molecule has 0 saturated carbocycles. The molecule has 1 rings (SSSR count). The van der Waals surface area contributed by atoms with Crippen molar-refractivity contribution in [1.82, 2.24) is 10.6 Å². The summed E-state index contributed by atoms with van der Waals surface area (Å²) in [7, 11) is 3.06. The molecule has 1 aromatic rings. The first-order valence-electron chi connectivity index (χ1n) is 8.08. The summed E-state index contributed by atoms with van der Waals surface area (Å²) in [4.78, 5) is 12.1. The molecule has 0 unspecified atom stereocenters. The topological polar surface area (TPSA) is 59.6 Å². The Bertz CT molecular complexity index is 474. The van der Waals surface area contributed by atoms with Crippen LogP contribution >= 0.6 is 0 Å².